The number of rotatable bonds is 10. The van der Waals surface area contributed by atoms with Gasteiger partial charge < -0.3 is 20.5 Å². The van der Waals surface area contributed by atoms with E-state index in [2.05, 4.69) is 5.32 Å². The third-order valence-corrected chi connectivity index (χ3v) is 4.42. The van der Waals surface area contributed by atoms with Gasteiger partial charge in [0.2, 0.25) is 0 Å². The summed E-state index contributed by atoms with van der Waals surface area (Å²) in [6, 6.07) is 16.0. The summed E-state index contributed by atoms with van der Waals surface area (Å²) in [6.45, 7) is 0.767. The zero-order chi connectivity index (χ0) is 20.2. The van der Waals surface area contributed by atoms with E-state index < -0.39 is 18.1 Å². The average molecular weight is 405 g/mol. The minimum absolute atomic E-state index is 0.115. The van der Waals surface area contributed by atoms with Crippen LogP contribution >= 0.6 is 11.6 Å². The van der Waals surface area contributed by atoms with E-state index in [1.807, 2.05) is 42.5 Å². The zero-order valence-corrected chi connectivity index (χ0v) is 16.4. The number of esters is 1. The Morgan fingerprint density at radius 2 is 1.68 bits per heavy atom. The van der Waals surface area contributed by atoms with Crippen molar-refractivity contribution in [2.24, 2.45) is 5.73 Å². The number of carbonyl (C=O) groups is 2. The van der Waals surface area contributed by atoms with Gasteiger partial charge in [-0.05, 0) is 30.9 Å². The summed E-state index contributed by atoms with van der Waals surface area (Å²) in [5, 5.41) is 3.22. The van der Waals surface area contributed by atoms with Crippen LogP contribution in [0.5, 0.6) is 0 Å². The van der Waals surface area contributed by atoms with Crippen molar-refractivity contribution in [2.45, 2.75) is 38.5 Å². The van der Waals surface area contributed by atoms with Crippen molar-refractivity contribution in [1.29, 1.82) is 0 Å². The topological polar surface area (TPSA) is 90.6 Å². The summed E-state index contributed by atoms with van der Waals surface area (Å²) < 4.78 is 10.3. The second-order valence-corrected chi connectivity index (χ2v) is 6.70. The predicted molar refractivity (Wildman–Crippen MR) is 108 cm³/mol. The predicted octanol–water partition coefficient (Wildman–Crippen LogP) is 3.81. The monoisotopic (exact) mass is 404 g/mol. The molecule has 1 atom stereocenters. The summed E-state index contributed by atoms with van der Waals surface area (Å²) in [5.74, 6) is -0.420. The first-order chi connectivity index (χ1) is 13.6. The van der Waals surface area contributed by atoms with Crippen LogP contribution in [-0.4, -0.2) is 24.6 Å². The maximum atomic E-state index is 11.9. The van der Waals surface area contributed by atoms with Crippen LogP contribution in [0, 0.1) is 0 Å². The van der Waals surface area contributed by atoms with Gasteiger partial charge in [-0.2, -0.15) is 0 Å². The SMILES string of the molecule is N[C@H](CCCCNC(=O)OCc1ccccc1Cl)C(=O)OCc1ccccc1. The van der Waals surface area contributed by atoms with Crippen LogP contribution in [0.25, 0.3) is 0 Å². The van der Waals surface area contributed by atoms with Crippen molar-refractivity contribution in [3.05, 3.63) is 70.7 Å². The van der Waals surface area contributed by atoms with Crippen molar-refractivity contribution >= 4 is 23.7 Å². The Balaban J connectivity index is 1.53. The molecule has 2 rings (SSSR count). The van der Waals surface area contributed by atoms with Gasteiger partial charge in [0.1, 0.15) is 19.3 Å². The molecule has 0 aliphatic rings. The molecule has 0 unspecified atom stereocenters. The van der Waals surface area contributed by atoms with Gasteiger partial charge in [-0.3, -0.25) is 4.79 Å². The molecular formula is C21H25ClN2O4. The molecule has 2 aromatic carbocycles. The van der Waals surface area contributed by atoms with Crippen LogP contribution in [0.1, 0.15) is 30.4 Å². The fraction of sp³-hybridized carbons (Fsp3) is 0.333. The fourth-order valence-electron chi connectivity index (χ4n) is 2.44. The zero-order valence-electron chi connectivity index (χ0n) is 15.6. The molecular weight excluding hydrogens is 380 g/mol. The van der Waals surface area contributed by atoms with Gasteiger partial charge in [0.25, 0.3) is 0 Å². The Morgan fingerprint density at radius 1 is 0.964 bits per heavy atom. The molecule has 0 aliphatic heterocycles. The highest BCUT2D eigenvalue weighted by Crippen LogP contribution is 2.15. The highest BCUT2D eigenvalue weighted by atomic mass is 35.5. The minimum Gasteiger partial charge on any atom is -0.460 e. The van der Waals surface area contributed by atoms with Crippen LogP contribution in [0.3, 0.4) is 0 Å². The Bertz CT molecular complexity index is 755. The molecule has 2 aromatic rings. The van der Waals surface area contributed by atoms with Crippen molar-refractivity contribution in [3.63, 3.8) is 0 Å². The van der Waals surface area contributed by atoms with Gasteiger partial charge in [-0.25, -0.2) is 4.79 Å². The molecule has 7 heteroatoms. The van der Waals surface area contributed by atoms with E-state index in [1.165, 1.54) is 0 Å². The van der Waals surface area contributed by atoms with E-state index in [1.54, 1.807) is 12.1 Å². The fourth-order valence-corrected chi connectivity index (χ4v) is 2.63. The lowest BCUT2D eigenvalue weighted by atomic mass is 10.1. The molecule has 0 aromatic heterocycles. The number of hydrogen-bond donors (Lipinski definition) is 2. The number of nitrogens with one attached hydrogen (secondary N) is 1. The normalized spacial score (nSPS) is 11.5. The van der Waals surface area contributed by atoms with E-state index in [0.717, 1.165) is 11.1 Å². The first-order valence-corrected chi connectivity index (χ1v) is 9.54. The molecule has 0 saturated carbocycles. The van der Waals surface area contributed by atoms with Crippen LogP contribution in [0.4, 0.5) is 4.79 Å². The van der Waals surface area contributed by atoms with Crippen molar-refractivity contribution < 1.29 is 19.1 Å². The van der Waals surface area contributed by atoms with Crippen molar-refractivity contribution in [1.82, 2.24) is 5.32 Å². The second kappa shape index (κ2) is 12.0. The number of carbonyl (C=O) groups excluding carboxylic acids is 2. The standard InChI is InChI=1S/C21H25ClN2O4/c22-18-11-5-4-10-17(18)15-28-21(26)24-13-7-6-12-19(23)20(25)27-14-16-8-2-1-3-9-16/h1-5,8-11,19H,6-7,12-15,23H2,(H,24,26)/t19-/m1/s1. The van der Waals surface area contributed by atoms with E-state index >= 15 is 0 Å². The van der Waals surface area contributed by atoms with Crippen molar-refractivity contribution in [3.8, 4) is 0 Å². The molecule has 150 valence electrons. The summed E-state index contributed by atoms with van der Waals surface area (Å²) in [5.41, 5.74) is 7.52. The summed E-state index contributed by atoms with van der Waals surface area (Å²) in [6.07, 6.45) is 1.35. The van der Waals surface area contributed by atoms with E-state index in [-0.39, 0.29) is 13.2 Å². The molecule has 0 aliphatic carbocycles. The number of ether oxygens (including phenoxy) is 2. The van der Waals surface area contributed by atoms with Crippen LogP contribution in [-0.2, 0) is 27.5 Å². The summed E-state index contributed by atoms with van der Waals surface area (Å²) in [7, 11) is 0. The lowest BCUT2D eigenvalue weighted by Gasteiger charge is -2.12. The number of alkyl carbamates (subject to hydrolysis) is 1. The van der Waals surface area contributed by atoms with Gasteiger partial charge in [0.15, 0.2) is 0 Å². The molecule has 1 amide bonds. The second-order valence-electron chi connectivity index (χ2n) is 6.29. The maximum absolute atomic E-state index is 11.9. The van der Waals surface area contributed by atoms with E-state index in [9.17, 15) is 9.59 Å². The molecule has 0 saturated heterocycles. The average Bonchev–Trinajstić information content (AvgIpc) is 2.71. The number of unbranched alkanes of at least 4 members (excludes halogenated alkanes) is 1. The minimum atomic E-state index is -0.670. The number of hydrogen-bond acceptors (Lipinski definition) is 5. The van der Waals surface area contributed by atoms with Gasteiger partial charge in [0.05, 0.1) is 0 Å². The first-order valence-electron chi connectivity index (χ1n) is 9.16. The number of benzene rings is 2. The van der Waals surface area contributed by atoms with Gasteiger partial charge in [-0.1, -0.05) is 60.1 Å². The summed E-state index contributed by atoms with van der Waals surface area (Å²) >= 11 is 6.00. The lowest BCUT2D eigenvalue weighted by molar-refractivity contribution is -0.146. The molecule has 28 heavy (non-hydrogen) atoms. The smallest absolute Gasteiger partial charge is 0.407 e. The lowest BCUT2D eigenvalue weighted by Crippen LogP contribution is -2.32. The van der Waals surface area contributed by atoms with Gasteiger partial charge in [0, 0.05) is 17.1 Å². The Labute approximate surface area is 170 Å². The first kappa shape index (κ1) is 21.7. The Kier molecular flexibility index (Phi) is 9.31. The molecule has 6 nitrogen and oxygen atoms in total. The number of halogens is 1. The van der Waals surface area contributed by atoms with E-state index in [4.69, 9.17) is 26.8 Å². The highest BCUT2D eigenvalue weighted by molar-refractivity contribution is 6.31. The molecule has 0 heterocycles. The number of nitrogens with two attached hydrogens (primary N) is 1. The molecule has 0 fully saturated rings. The van der Waals surface area contributed by atoms with Crippen LogP contribution in [0.15, 0.2) is 54.6 Å². The quantitative estimate of drug-likeness (QED) is 0.464. The largest absolute Gasteiger partial charge is 0.460 e. The van der Waals surface area contributed by atoms with E-state index in [0.29, 0.717) is 30.8 Å². The molecule has 0 radical (unpaired) electrons. The highest BCUT2D eigenvalue weighted by Gasteiger charge is 2.14. The number of amides is 1. The molecule has 0 bridgehead atoms. The molecule has 3 N–H and O–H groups in total. The van der Waals surface area contributed by atoms with Gasteiger partial charge >= 0.3 is 12.1 Å². The summed E-state index contributed by atoms with van der Waals surface area (Å²) in [4.78, 5) is 23.6. The van der Waals surface area contributed by atoms with Crippen molar-refractivity contribution in [2.75, 3.05) is 6.54 Å². The maximum Gasteiger partial charge on any atom is 0.407 e. The van der Waals surface area contributed by atoms with Crippen LogP contribution in [0.2, 0.25) is 5.02 Å². The Hall–Kier alpha value is -2.57. The van der Waals surface area contributed by atoms with Gasteiger partial charge in [-0.15, -0.1) is 0 Å². The van der Waals surface area contributed by atoms with Crippen LogP contribution < -0.4 is 11.1 Å². The Morgan fingerprint density at radius 3 is 2.43 bits per heavy atom. The molecule has 0 spiro atoms. The third-order valence-electron chi connectivity index (χ3n) is 4.05. The third kappa shape index (κ3) is 7.98.